The second kappa shape index (κ2) is 14.1. The molecule has 0 aromatic rings. The van der Waals surface area contributed by atoms with Gasteiger partial charge in [-0.1, -0.05) is 0 Å². The van der Waals surface area contributed by atoms with Gasteiger partial charge in [-0.05, 0) is 6.42 Å². The third-order valence-electron chi connectivity index (χ3n) is 8.37. The fraction of sp³-hybridized carbons (Fsp3) is 1.00. The molecular weight excluding hydrogens is 568 g/mol. The topological polar surface area (TPSA) is 353 Å². The van der Waals surface area contributed by atoms with E-state index in [4.69, 9.17) is 62.8 Å². The summed E-state index contributed by atoms with van der Waals surface area (Å²) in [5.41, 5.74) is 35.6. The highest BCUT2D eigenvalue weighted by Crippen LogP contribution is 2.34. The predicted molar refractivity (Wildman–Crippen MR) is 138 cm³/mol. The van der Waals surface area contributed by atoms with Crippen molar-refractivity contribution in [2.45, 2.75) is 123 Å². The molecule has 19 N–H and O–H groups in total. The van der Waals surface area contributed by atoms with E-state index in [-0.39, 0.29) is 19.5 Å². The lowest BCUT2D eigenvalue weighted by Crippen LogP contribution is -2.68. The van der Waals surface area contributed by atoms with E-state index in [2.05, 4.69) is 0 Å². The minimum absolute atomic E-state index is 0.0889. The number of hydrogen-bond donors (Lipinski definition) is 13. The zero-order valence-corrected chi connectivity index (χ0v) is 22.8. The first-order valence-corrected chi connectivity index (χ1v) is 13.9. The number of ether oxygens (including phenoxy) is 6. The fourth-order valence-corrected chi connectivity index (χ4v) is 5.74. The highest BCUT2D eigenvalue weighted by atomic mass is 16.8. The Labute approximate surface area is 241 Å². The van der Waals surface area contributed by atoms with Gasteiger partial charge >= 0.3 is 0 Å². The molecule has 0 aromatic heterocycles. The average molecular weight is 615 g/mol. The quantitative estimate of drug-likeness (QED) is 0.115. The van der Waals surface area contributed by atoms with Crippen LogP contribution in [0.1, 0.15) is 6.42 Å². The monoisotopic (exact) mass is 614 g/mol. The molecule has 0 spiro atoms. The Balaban J connectivity index is 1.50. The first-order valence-electron chi connectivity index (χ1n) is 13.9. The first kappa shape index (κ1) is 34.1. The van der Waals surface area contributed by atoms with Gasteiger partial charge in [0.1, 0.15) is 67.1 Å². The molecule has 19 atom stereocenters. The third-order valence-corrected chi connectivity index (χ3v) is 8.37. The summed E-state index contributed by atoms with van der Waals surface area (Å²) in [5.74, 6) is 0. The van der Waals surface area contributed by atoms with Gasteiger partial charge in [0.25, 0.3) is 0 Å². The van der Waals surface area contributed by atoms with Crippen LogP contribution >= 0.6 is 0 Å². The largest absolute Gasteiger partial charge is 0.394 e. The van der Waals surface area contributed by atoms with E-state index in [1.807, 2.05) is 0 Å². The Kier molecular flexibility index (Phi) is 11.5. The van der Waals surface area contributed by atoms with Crippen LogP contribution in [0.15, 0.2) is 0 Å². The average Bonchev–Trinajstić information content (AvgIpc) is 3.27. The Hall–Kier alpha value is -0.760. The molecule has 3 heterocycles. The van der Waals surface area contributed by atoms with Crippen molar-refractivity contribution >= 4 is 0 Å². The summed E-state index contributed by atoms with van der Waals surface area (Å²) in [6.07, 6.45) is -19.8. The van der Waals surface area contributed by atoms with Gasteiger partial charge in [0.05, 0.1) is 24.8 Å². The van der Waals surface area contributed by atoms with Crippen LogP contribution < -0.4 is 34.4 Å². The molecule has 3 saturated heterocycles. The molecule has 4 aliphatic rings. The summed E-state index contributed by atoms with van der Waals surface area (Å²) < 4.78 is 34.6. The summed E-state index contributed by atoms with van der Waals surface area (Å²) >= 11 is 0. The molecule has 0 bridgehead atoms. The van der Waals surface area contributed by atoms with Gasteiger partial charge in [0.2, 0.25) is 0 Å². The van der Waals surface area contributed by atoms with Gasteiger partial charge in [0.15, 0.2) is 18.9 Å². The molecule has 19 nitrogen and oxygen atoms in total. The van der Waals surface area contributed by atoms with E-state index < -0.39 is 123 Å². The highest BCUT2D eigenvalue weighted by Gasteiger charge is 2.54. The molecule has 0 radical (unpaired) electrons. The fourth-order valence-electron chi connectivity index (χ4n) is 5.74. The van der Waals surface area contributed by atoms with Gasteiger partial charge < -0.3 is 98.6 Å². The number of aliphatic hydroxyl groups is 7. The van der Waals surface area contributed by atoms with E-state index in [0.717, 1.165) is 0 Å². The van der Waals surface area contributed by atoms with Crippen molar-refractivity contribution in [2.24, 2.45) is 34.4 Å². The van der Waals surface area contributed by atoms with E-state index in [9.17, 15) is 35.7 Å². The van der Waals surface area contributed by atoms with Crippen LogP contribution in [0, 0.1) is 0 Å². The smallest absolute Gasteiger partial charge is 0.187 e. The summed E-state index contributed by atoms with van der Waals surface area (Å²) in [7, 11) is 0. The SMILES string of the molecule is NC[C@@H]1O[C@H](O[C@@H]2[C@@H](CO)OC(O[C@@H]3[C@@H](O)[C@H](N)C[C@H](N)[C@H]3OC3O[C@H](CN)[C@@H](O)[C@H](O)[C@H]3N)[C@@H]2O)[C@H](N)[C@@H](O)[C@@H]1O. The molecule has 42 heavy (non-hydrogen) atoms. The standard InChI is InChI=1S/C23H46N6O13/c24-2-7-13(32)15(34)10(28)21(37-7)40-18-6(27)1-5(26)12(31)20(18)42-23-17(36)19(9(4-30)39-23)41-22-11(29)16(35)14(33)8(3-25)38-22/h5-23,30-36H,1-4,24-29H2/t5-,6+,7-,8+,9-,10-,11-,12+,13-,14-,15-,16-,17-,18-,19-,20-,21?,22-,23?/m1/s1. The van der Waals surface area contributed by atoms with Crippen LogP contribution in [0.3, 0.4) is 0 Å². The lowest BCUT2D eigenvalue weighted by atomic mass is 9.84. The molecule has 246 valence electrons. The van der Waals surface area contributed by atoms with Crippen LogP contribution in [-0.2, 0) is 28.4 Å². The first-order chi connectivity index (χ1) is 19.8. The Morgan fingerprint density at radius 1 is 0.524 bits per heavy atom. The maximum atomic E-state index is 11.1. The van der Waals surface area contributed by atoms with Gasteiger partial charge in [-0.25, -0.2) is 0 Å². The minimum atomic E-state index is -1.60. The van der Waals surface area contributed by atoms with E-state index >= 15 is 0 Å². The van der Waals surface area contributed by atoms with Gasteiger partial charge in [-0.3, -0.25) is 0 Å². The Morgan fingerprint density at radius 3 is 1.45 bits per heavy atom. The molecule has 0 aromatic carbocycles. The zero-order chi connectivity index (χ0) is 31.0. The van der Waals surface area contributed by atoms with Crippen LogP contribution in [0.5, 0.6) is 0 Å². The van der Waals surface area contributed by atoms with E-state index in [1.54, 1.807) is 0 Å². The zero-order valence-electron chi connectivity index (χ0n) is 22.8. The van der Waals surface area contributed by atoms with E-state index in [1.165, 1.54) is 0 Å². The number of hydrogen-bond acceptors (Lipinski definition) is 19. The van der Waals surface area contributed by atoms with Crippen molar-refractivity contribution in [1.29, 1.82) is 0 Å². The lowest BCUT2D eigenvalue weighted by Gasteiger charge is -2.47. The molecule has 19 heteroatoms. The summed E-state index contributed by atoms with van der Waals surface area (Å²) in [6.45, 7) is -0.967. The van der Waals surface area contributed by atoms with Crippen molar-refractivity contribution in [3.63, 3.8) is 0 Å². The molecule has 4 rings (SSSR count). The number of nitrogens with two attached hydrogens (primary N) is 6. The summed E-state index contributed by atoms with van der Waals surface area (Å²) in [6, 6.07) is -4.18. The molecule has 3 aliphatic heterocycles. The van der Waals surface area contributed by atoms with Crippen molar-refractivity contribution in [3.05, 3.63) is 0 Å². The third kappa shape index (κ3) is 6.60. The summed E-state index contributed by atoms with van der Waals surface area (Å²) in [4.78, 5) is 0. The lowest BCUT2D eigenvalue weighted by molar-refractivity contribution is -0.306. The minimum Gasteiger partial charge on any atom is -0.394 e. The molecule has 0 amide bonds. The van der Waals surface area contributed by atoms with Gasteiger partial charge in [0, 0.05) is 25.2 Å². The second-order valence-electron chi connectivity index (χ2n) is 11.2. The second-order valence-corrected chi connectivity index (χ2v) is 11.2. The van der Waals surface area contributed by atoms with Gasteiger partial charge in [-0.15, -0.1) is 0 Å². The predicted octanol–water partition coefficient (Wildman–Crippen LogP) is -8.90. The Bertz CT molecular complexity index is 868. The number of rotatable bonds is 9. The van der Waals surface area contributed by atoms with Crippen LogP contribution in [0.25, 0.3) is 0 Å². The molecule has 1 aliphatic carbocycles. The maximum Gasteiger partial charge on any atom is 0.187 e. The van der Waals surface area contributed by atoms with Crippen LogP contribution in [-0.4, -0.2) is 172 Å². The van der Waals surface area contributed by atoms with Crippen LogP contribution in [0.4, 0.5) is 0 Å². The summed E-state index contributed by atoms with van der Waals surface area (Å²) in [5, 5.41) is 73.0. The van der Waals surface area contributed by atoms with Crippen molar-refractivity contribution < 1.29 is 64.2 Å². The molecular formula is C23H46N6O13. The molecule has 4 fully saturated rings. The highest BCUT2D eigenvalue weighted by molar-refractivity contribution is 5.02. The molecule has 2 unspecified atom stereocenters. The van der Waals surface area contributed by atoms with E-state index in [0.29, 0.717) is 0 Å². The molecule has 1 saturated carbocycles. The van der Waals surface area contributed by atoms with Crippen molar-refractivity contribution in [2.75, 3.05) is 19.7 Å². The van der Waals surface area contributed by atoms with Crippen molar-refractivity contribution in [3.8, 4) is 0 Å². The maximum absolute atomic E-state index is 11.1. The normalized spacial score (nSPS) is 53.8. The van der Waals surface area contributed by atoms with Crippen molar-refractivity contribution in [1.82, 2.24) is 0 Å². The number of aliphatic hydroxyl groups excluding tert-OH is 7. The van der Waals surface area contributed by atoms with Gasteiger partial charge in [-0.2, -0.15) is 0 Å². The Morgan fingerprint density at radius 2 is 0.976 bits per heavy atom. The van der Waals surface area contributed by atoms with Crippen LogP contribution in [0.2, 0.25) is 0 Å².